The Morgan fingerprint density at radius 3 is 1.60 bits per heavy atom. The SMILES string of the molecule is O=C(CN(C(=O)c1ccc([N+](=O)[O-])cc1)N1C(=O)[C@@H]2C3c4ccccc4C(c4ccccc43)[C@H]2C1=O)c1ccc(Cl)cc1. The lowest BCUT2D eigenvalue weighted by Crippen LogP contribution is -2.52. The predicted octanol–water partition coefficient (Wildman–Crippen LogP) is 5.38. The molecule has 212 valence electrons. The number of ketones is 1. The van der Waals surface area contributed by atoms with Crippen molar-refractivity contribution in [3.05, 3.63) is 146 Å². The minimum absolute atomic E-state index is 0.0143. The number of carbonyl (C=O) groups excluding carboxylic acids is 4. The van der Waals surface area contributed by atoms with Crippen molar-refractivity contribution in [3.63, 3.8) is 0 Å². The number of carbonyl (C=O) groups is 4. The second kappa shape index (κ2) is 9.99. The number of hydrogen-bond donors (Lipinski definition) is 0. The molecule has 0 saturated carbocycles. The number of imide groups is 1. The monoisotopic (exact) mass is 591 g/mol. The zero-order valence-electron chi connectivity index (χ0n) is 22.4. The lowest BCUT2D eigenvalue weighted by Gasteiger charge is -2.45. The van der Waals surface area contributed by atoms with Crippen molar-refractivity contribution in [1.29, 1.82) is 0 Å². The number of benzene rings is 4. The maximum atomic E-state index is 14.3. The van der Waals surface area contributed by atoms with Crippen LogP contribution < -0.4 is 0 Å². The van der Waals surface area contributed by atoms with Gasteiger partial charge in [0.2, 0.25) is 0 Å². The summed E-state index contributed by atoms with van der Waals surface area (Å²) in [5, 5.41) is 13.3. The van der Waals surface area contributed by atoms with E-state index in [1.54, 1.807) is 0 Å². The summed E-state index contributed by atoms with van der Waals surface area (Å²) in [4.78, 5) is 66.7. The Balaban J connectivity index is 1.32. The Hall–Kier alpha value is -5.15. The average Bonchev–Trinajstić information content (AvgIpc) is 3.29. The van der Waals surface area contributed by atoms with Crippen molar-refractivity contribution in [2.45, 2.75) is 11.8 Å². The van der Waals surface area contributed by atoms with Gasteiger partial charge in [-0.05, 0) is 58.7 Å². The molecular formula is C33H22ClN3O6. The van der Waals surface area contributed by atoms with Gasteiger partial charge in [-0.2, -0.15) is 5.01 Å². The van der Waals surface area contributed by atoms with Gasteiger partial charge in [-0.3, -0.25) is 29.3 Å². The summed E-state index contributed by atoms with van der Waals surface area (Å²) < 4.78 is 0. The van der Waals surface area contributed by atoms with Gasteiger partial charge in [0.05, 0.1) is 16.8 Å². The van der Waals surface area contributed by atoms with Gasteiger partial charge in [-0.15, -0.1) is 0 Å². The maximum Gasteiger partial charge on any atom is 0.273 e. The molecule has 0 unspecified atom stereocenters. The number of amides is 3. The molecule has 0 aromatic heterocycles. The second-order valence-corrected chi connectivity index (χ2v) is 11.3. The van der Waals surface area contributed by atoms with Gasteiger partial charge in [-0.25, -0.2) is 5.01 Å². The number of nitro benzene ring substituents is 1. The van der Waals surface area contributed by atoms with Gasteiger partial charge >= 0.3 is 0 Å². The molecule has 1 aliphatic heterocycles. The first-order valence-corrected chi connectivity index (χ1v) is 14.0. The number of rotatable bonds is 6. The topological polar surface area (TPSA) is 118 Å². The van der Waals surface area contributed by atoms with Crippen LogP contribution in [0.5, 0.6) is 0 Å². The van der Waals surface area contributed by atoms with Crippen molar-refractivity contribution < 1.29 is 24.1 Å². The van der Waals surface area contributed by atoms with Crippen molar-refractivity contribution in [2.75, 3.05) is 6.54 Å². The number of non-ortho nitro benzene ring substituents is 1. The first kappa shape index (κ1) is 26.7. The number of nitrogens with zero attached hydrogens (tertiary/aromatic N) is 3. The van der Waals surface area contributed by atoms with Crippen LogP contribution in [0.1, 0.15) is 54.8 Å². The fraction of sp³-hybridized carbons (Fsp3) is 0.152. The lowest BCUT2D eigenvalue weighted by molar-refractivity contribution is -0.384. The van der Waals surface area contributed by atoms with Gasteiger partial charge in [0.1, 0.15) is 6.54 Å². The Labute approximate surface area is 250 Å². The third-order valence-corrected chi connectivity index (χ3v) is 8.94. The average molecular weight is 592 g/mol. The van der Waals surface area contributed by atoms with E-state index >= 15 is 0 Å². The summed E-state index contributed by atoms with van der Waals surface area (Å²) >= 11 is 5.99. The van der Waals surface area contributed by atoms with Gasteiger partial charge < -0.3 is 0 Å². The van der Waals surface area contributed by atoms with Crippen LogP contribution in [-0.2, 0) is 9.59 Å². The zero-order chi connectivity index (χ0) is 30.0. The molecule has 4 aliphatic rings. The van der Waals surface area contributed by atoms with E-state index in [1.807, 2.05) is 48.5 Å². The van der Waals surface area contributed by atoms with Gasteiger partial charge in [0.15, 0.2) is 5.78 Å². The highest BCUT2D eigenvalue weighted by Gasteiger charge is 2.63. The molecule has 3 amide bonds. The van der Waals surface area contributed by atoms with Gasteiger partial charge in [0, 0.05) is 40.1 Å². The van der Waals surface area contributed by atoms with Crippen molar-refractivity contribution in [1.82, 2.24) is 10.0 Å². The van der Waals surface area contributed by atoms with Crippen LogP contribution in [0.4, 0.5) is 5.69 Å². The summed E-state index contributed by atoms with van der Waals surface area (Å²) in [6.07, 6.45) is 0. The molecular weight excluding hydrogens is 570 g/mol. The summed E-state index contributed by atoms with van der Waals surface area (Å²) in [5.41, 5.74) is 3.89. The molecule has 4 aromatic rings. The summed E-state index contributed by atoms with van der Waals surface area (Å²) in [7, 11) is 0. The van der Waals surface area contributed by atoms with Crippen LogP contribution in [0.25, 0.3) is 0 Å². The van der Waals surface area contributed by atoms with E-state index < -0.39 is 58.6 Å². The number of hydrogen-bond acceptors (Lipinski definition) is 6. The molecule has 1 heterocycles. The first-order valence-electron chi connectivity index (χ1n) is 13.7. The highest BCUT2D eigenvalue weighted by atomic mass is 35.5. The zero-order valence-corrected chi connectivity index (χ0v) is 23.2. The highest BCUT2D eigenvalue weighted by Crippen LogP contribution is 2.61. The molecule has 1 fully saturated rings. The van der Waals surface area contributed by atoms with Crippen molar-refractivity contribution >= 4 is 40.8 Å². The third-order valence-electron chi connectivity index (χ3n) is 8.69. The fourth-order valence-corrected chi connectivity index (χ4v) is 7.00. The van der Waals surface area contributed by atoms with E-state index in [-0.39, 0.29) is 16.8 Å². The highest BCUT2D eigenvalue weighted by molar-refractivity contribution is 6.30. The molecule has 0 N–H and O–H groups in total. The molecule has 0 radical (unpaired) electrons. The molecule has 9 nitrogen and oxygen atoms in total. The van der Waals surface area contributed by atoms with Crippen LogP contribution in [-0.4, -0.2) is 45.0 Å². The van der Waals surface area contributed by atoms with E-state index in [4.69, 9.17) is 11.6 Å². The summed E-state index contributed by atoms with van der Waals surface area (Å²) in [6, 6.07) is 26.4. The Bertz CT molecular complexity index is 1740. The number of Topliss-reactive ketones (excluding diaryl/α,β-unsaturated/α-hetero) is 1. The smallest absolute Gasteiger partial charge is 0.273 e. The minimum atomic E-state index is -0.806. The van der Waals surface area contributed by atoms with E-state index in [1.165, 1.54) is 36.4 Å². The standard InChI is InChI=1S/C33H22ClN3O6/c34-20-13-9-18(10-14-20)26(38)17-35(31(39)19-11-15-21(16-12-19)37(42)43)36-32(40)29-27-22-5-1-2-6-23(22)28(30(29)33(36)41)25-8-4-3-7-24(25)27/h1-16,27-30H,17H2/t27?,28?,29-,30-/m1/s1. The molecule has 0 spiro atoms. The molecule has 2 atom stereocenters. The molecule has 10 heteroatoms. The van der Waals surface area contributed by atoms with E-state index in [0.29, 0.717) is 5.02 Å². The summed E-state index contributed by atoms with van der Waals surface area (Å²) in [6.45, 7) is -0.608. The van der Waals surface area contributed by atoms with Gasteiger partial charge in [-0.1, -0.05) is 60.1 Å². The lowest BCUT2D eigenvalue weighted by atomic mass is 9.55. The van der Waals surface area contributed by atoms with Crippen LogP contribution in [0.3, 0.4) is 0 Å². The molecule has 43 heavy (non-hydrogen) atoms. The largest absolute Gasteiger partial charge is 0.292 e. The van der Waals surface area contributed by atoms with E-state index in [2.05, 4.69) is 0 Å². The van der Waals surface area contributed by atoms with Crippen molar-refractivity contribution in [3.8, 4) is 0 Å². The Kier molecular flexibility index (Phi) is 6.21. The number of nitro groups is 1. The first-order chi connectivity index (χ1) is 20.8. The molecule has 1 saturated heterocycles. The second-order valence-electron chi connectivity index (χ2n) is 10.8. The van der Waals surface area contributed by atoms with E-state index in [0.717, 1.165) is 44.4 Å². The van der Waals surface area contributed by atoms with Crippen molar-refractivity contribution in [2.24, 2.45) is 11.8 Å². The molecule has 4 aromatic carbocycles. The molecule has 3 aliphatic carbocycles. The third kappa shape index (κ3) is 4.07. The quantitative estimate of drug-likeness (QED) is 0.129. The van der Waals surface area contributed by atoms with Crippen LogP contribution >= 0.6 is 11.6 Å². The number of hydrazine groups is 1. The van der Waals surface area contributed by atoms with Gasteiger partial charge in [0.25, 0.3) is 23.4 Å². The van der Waals surface area contributed by atoms with Crippen LogP contribution in [0, 0.1) is 22.0 Å². The molecule has 2 bridgehead atoms. The van der Waals surface area contributed by atoms with E-state index in [9.17, 15) is 29.3 Å². The Morgan fingerprint density at radius 2 is 1.16 bits per heavy atom. The van der Waals surface area contributed by atoms with Crippen LogP contribution in [0.15, 0.2) is 97.1 Å². The summed E-state index contributed by atoms with van der Waals surface area (Å²) in [5.74, 6) is -4.77. The van der Waals surface area contributed by atoms with Crippen LogP contribution in [0.2, 0.25) is 5.02 Å². The predicted molar refractivity (Wildman–Crippen MR) is 155 cm³/mol. The molecule has 8 rings (SSSR count). The fourth-order valence-electron chi connectivity index (χ4n) is 6.87. The maximum absolute atomic E-state index is 14.3. The Morgan fingerprint density at radius 1 is 0.721 bits per heavy atom. The number of halogens is 1. The minimum Gasteiger partial charge on any atom is -0.292 e. The normalized spacial score (nSPS) is 21.2.